The molecule has 0 aliphatic heterocycles. The third kappa shape index (κ3) is 8.22. The highest BCUT2D eigenvalue weighted by molar-refractivity contribution is 7.92. The molecule has 1 saturated carbocycles. The molecule has 0 spiro atoms. The van der Waals surface area contributed by atoms with Crippen molar-refractivity contribution in [2.45, 2.75) is 69.0 Å². The quantitative estimate of drug-likeness (QED) is 0.244. The van der Waals surface area contributed by atoms with Crippen molar-refractivity contribution in [3.05, 3.63) is 88.4 Å². The van der Waals surface area contributed by atoms with Crippen molar-refractivity contribution in [2.24, 2.45) is 0 Å². The van der Waals surface area contributed by atoms with Crippen LogP contribution in [0, 0.1) is 0 Å². The van der Waals surface area contributed by atoms with E-state index in [4.69, 9.17) is 27.9 Å². The Morgan fingerprint density at radius 2 is 1.67 bits per heavy atom. The molecule has 11 heteroatoms. The summed E-state index contributed by atoms with van der Waals surface area (Å²) in [6.45, 7) is 1.32. The average Bonchev–Trinajstić information content (AvgIpc) is 3.02. The van der Waals surface area contributed by atoms with Gasteiger partial charge in [-0.2, -0.15) is 0 Å². The molecule has 0 radical (unpaired) electrons. The summed E-state index contributed by atoms with van der Waals surface area (Å²) in [6.07, 6.45) is 5.34. The zero-order chi connectivity index (χ0) is 31.0. The highest BCUT2D eigenvalue weighted by Crippen LogP contribution is 2.29. The van der Waals surface area contributed by atoms with Gasteiger partial charge in [0.2, 0.25) is 11.8 Å². The number of halogens is 2. The van der Waals surface area contributed by atoms with Gasteiger partial charge < -0.3 is 15.0 Å². The second kappa shape index (κ2) is 14.9. The highest BCUT2D eigenvalue weighted by atomic mass is 35.5. The minimum Gasteiger partial charge on any atom is -0.497 e. The molecule has 1 aliphatic rings. The molecule has 0 heterocycles. The van der Waals surface area contributed by atoms with E-state index in [9.17, 15) is 18.0 Å². The van der Waals surface area contributed by atoms with Crippen molar-refractivity contribution in [3.63, 3.8) is 0 Å². The molecule has 2 amide bonds. The third-order valence-corrected chi connectivity index (χ3v) is 10.2. The number of anilines is 1. The van der Waals surface area contributed by atoms with E-state index in [0.717, 1.165) is 36.4 Å². The monoisotopic (exact) mass is 645 g/mol. The Morgan fingerprint density at radius 1 is 0.953 bits per heavy atom. The summed E-state index contributed by atoms with van der Waals surface area (Å²) >= 11 is 12.4. The van der Waals surface area contributed by atoms with Crippen LogP contribution in [0.4, 0.5) is 5.69 Å². The fraction of sp³-hybridized carbons (Fsp3) is 0.375. The summed E-state index contributed by atoms with van der Waals surface area (Å²) < 4.78 is 34.3. The molecule has 3 aromatic rings. The van der Waals surface area contributed by atoms with E-state index in [1.165, 1.54) is 24.1 Å². The van der Waals surface area contributed by atoms with Gasteiger partial charge in [0, 0.05) is 18.7 Å². The van der Waals surface area contributed by atoms with Crippen LogP contribution >= 0.6 is 23.2 Å². The lowest BCUT2D eigenvalue weighted by atomic mass is 9.95. The van der Waals surface area contributed by atoms with Gasteiger partial charge in [0.25, 0.3) is 10.0 Å². The first-order chi connectivity index (χ1) is 20.6. The smallest absolute Gasteiger partial charge is 0.264 e. The molecule has 1 N–H and O–H groups in total. The van der Waals surface area contributed by atoms with Crippen LogP contribution in [0.1, 0.15) is 51.0 Å². The molecule has 3 aromatic carbocycles. The summed E-state index contributed by atoms with van der Waals surface area (Å²) in [5.74, 6) is -0.370. The van der Waals surface area contributed by atoms with Gasteiger partial charge >= 0.3 is 0 Å². The Labute approximate surface area is 264 Å². The summed E-state index contributed by atoms with van der Waals surface area (Å²) in [7, 11) is -2.69. The summed E-state index contributed by atoms with van der Waals surface area (Å²) in [5, 5.41) is 3.82. The van der Waals surface area contributed by atoms with Gasteiger partial charge in [-0.05, 0) is 61.2 Å². The number of rotatable bonds is 12. The lowest BCUT2D eigenvalue weighted by molar-refractivity contribution is -0.140. The van der Waals surface area contributed by atoms with Crippen LogP contribution in [0.15, 0.2) is 77.7 Å². The Bertz CT molecular complexity index is 1510. The zero-order valence-electron chi connectivity index (χ0n) is 24.3. The van der Waals surface area contributed by atoms with Gasteiger partial charge in [-0.25, -0.2) is 8.42 Å². The maximum Gasteiger partial charge on any atom is 0.264 e. The van der Waals surface area contributed by atoms with E-state index in [0.29, 0.717) is 27.8 Å². The normalized spacial score (nSPS) is 14.5. The Balaban J connectivity index is 1.72. The number of nitrogens with zero attached hydrogens (tertiary/aromatic N) is 2. The molecule has 1 atom stereocenters. The minimum absolute atomic E-state index is 0.0312. The van der Waals surface area contributed by atoms with Crippen LogP contribution in [-0.4, -0.2) is 50.9 Å². The molecule has 1 aliphatic carbocycles. The summed E-state index contributed by atoms with van der Waals surface area (Å²) in [5.41, 5.74) is 0.913. The molecule has 0 bridgehead atoms. The fourth-order valence-electron chi connectivity index (χ4n) is 5.31. The van der Waals surface area contributed by atoms with Gasteiger partial charge in [-0.15, -0.1) is 0 Å². The second-order valence-electron chi connectivity index (χ2n) is 10.6. The minimum atomic E-state index is -4.18. The van der Waals surface area contributed by atoms with Crippen molar-refractivity contribution in [2.75, 3.05) is 18.0 Å². The summed E-state index contributed by atoms with van der Waals surface area (Å²) in [4.78, 5) is 29.4. The standard InChI is InChI=1S/C32H37Cl2N3O5S/c1-3-30(32(39)35-24-11-6-4-7-12-24)36(21-23-17-18-28(33)29(34)19-23)31(38)22-37(25-13-10-14-26(20-25)42-2)43(40,41)27-15-8-5-9-16-27/h5,8-10,13-20,24,30H,3-4,6-7,11-12,21-22H2,1-2H3,(H,35,39). The molecule has 0 aromatic heterocycles. The van der Waals surface area contributed by atoms with Crippen molar-refractivity contribution in [3.8, 4) is 5.75 Å². The molecular weight excluding hydrogens is 609 g/mol. The first kappa shape index (κ1) is 32.6. The Kier molecular flexibility index (Phi) is 11.3. The van der Waals surface area contributed by atoms with E-state index >= 15 is 0 Å². The van der Waals surface area contributed by atoms with Gasteiger partial charge in [0.15, 0.2) is 0 Å². The van der Waals surface area contributed by atoms with E-state index in [1.54, 1.807) is 60.7 Å². The van der Waals surface area contributed by atoms with Crippen LogP contribution in [0.2, 0.25) is 10.0 Å². The number of carbonyl (C=O) groups is 2. The van der Waals surface area contributed by atoms with Crippen LogP contribution in [-0.2, 0) is 26.2 Å². The van der Waals surface area contributed by atoms with Crippen LogP contribution in [0.5, 0.6) is 5.75 Å². The lowest BCUT2D eigenvalue weighted by Gasteiger charge is -2.34. The molecule has 1 unspecified atom stereocenters. The number of carbonyl (C=O) groups excluding carboxylic acids is 2. The fourth-order valence-corrected chi connectivity index (χ4v) is 7.06. The van der Waals surface area contributed by atoms with Crippen molar-refractivity contribution in [1.29, 1.82) is 0 Å². The third-order valence-electron chi connectivity index (χ3n) is 7.63. The van der Waals surface area contributed by atoms with E-state index in [2.05, 4.69) is 5.32 Å². The first-order valence-electron chi connectivity index (χ1n) is 14.4. The predicted molar refractivity (Wildman–Crippen MR) is 170 cm³/mol. The number of nitrogens with one attached hydrogen (secondary N) is 1. The number of sulfonamides is 1. The Hall–Kier alpha value is -3.27. The van der Waals surface area contributed by atoms with E-state index in [-0.39, 0.29) is 29.1 Å². The maximum absolute atomic E-state index is 14.3. The molecule has 8 nitrogen and oxygen atoms in total. The molecule has 0 saturated heterocycles. The van der Waals surface area contributed by atoms with Crippen molar-refractivity contribution < 1.29 is 22.7 Å². The van der Waals surface area contributed by atoms with E-state index < -0.39 is 28.5 Å². The Morgan fingerprint density at radius 3 is 2.33 bits per heavy atom. The topological polar surface area (TPSA) is 96.0 Å². The second-order valence-corrected chi connectivity index (χ2v) is 13.2. The van der Waals surface area contributed by atoms with Gasteiger partial charge in [-0.3, -0.25) is 13.9 Å². The number of ether oxygens (including phenoxy) is 1. The zero-order valence-corrected chi connectivity index (χ0v) is 26.7. The highest BCUT2D eigenvalue weighted by Gasteiger charge is 2.34. The molecule has 43 heavy (non-hydrogen) atoms. The average molecular weight is 647 g/mol. The largest absolute Gasteiger partial charge is 0.497 e. The summed E-state index contributed by atoms with van der Waals surface area (Å²) in [6, 6.07) is 18.7. The molecule has 230 valence electrons. The van der Waals surface area contributed by atoms with Gasteiger partial charge in [-0.1, -0.05) is 79.7 Å². The molecule has 1 fully saturated rings. The maximum atomic E-state index is 14.3. The SMILES string of the molecule is CCC(C(=O)NC1CCCCC1)N(Cc1ccc(Cl)c(Cl)c1)C(=O)CN(c1cccc(OC)c1)S(=O)(=O)c1ccccc1. The van der Waals surface area contributed by atoms with Crippen LogP contribution in [0.25, 0.3) is 0 Å². The van der Waals surface area contributed by atoms with Gasteiger partial charge in [0.1, 0.15) is 18.3 Å². The number of methoxy groups -OCH3 is 1. The first-order valence-corrected chi connectivity index (χ1v) is 16.6. The number of hydrogen-bond acceptors (Lipinski definition) is 5. The van der Waals surface area contributed by atoms with Crippen LogP contribution < -0.4 is 14.4 Å². The van der Waals surface area contributed by atoms with Crippen molar-refractivity contribution in [1.82, 2.24) is 10.2 Å². The van der Waals surface area contributed by atoms with E-state index in [1.807, 2.05) is 6.92 Å². The predicted octanol–water partition coefficient (Wildman–Crippen LogP) is 6.45. The number of amides is 2. The molecular formula is C32H37Cl2N3O5S. The number of hydrogen-bond donors (Lipinski definition) is 1. The molecule has 4 rings (SSSR count). The van der Waals surface area contributed by atoms with Crippen molar-refractivity contribution >= 4 is 50.7 Å². The van der Waals surface area contributed by atoms with Gasteiger partial charge in [0.05, 0.1) is 27.7 Å². The number of benzene rings is 3. The van der Waals surface area contributed by atoms with Crippen LogP contribution in [0.3, 0.4) is 0 Å². The lowest BCUT2D eigenvalue weighted by Crippen LogP contribution is -2.54.